The molecule has 0 aliphatic carbocycles. The first-order valence-electron chi connectivity index (χ1n) is 9.42. The Bertz CT molecular complexity index is 1170. The molecule has 1 heterocycles. The van der Waals surface area contributed by atoms with E-state index in [0.29, 0.717) is 56.2 Å². The maximum atomic E-state index is 12.8. The van der Waals surface area contributed by atoms with Gasteiger partial charge in [-0.1, -0.05) is 0 Å². The molecule has 8 nitrogen and oxygen atoms in total. The minimum absolute atomic E-state index is 0.0371. The van der Waals surface area contributed by atoms with Crippen molar-refractivity contribution in [1.82, 2.24) is 0 Å². The van der Waals surface area contributed by atoms with Crippen LogP contribution in [0, 0.1) is 6.92 Å². The van der Waals surface area contributed by atoms with Gasteiger partial charge in [0.25, 0.3) is 0 Å². The van der Waals surface area contributed by atoms with Gasteiger partial charge >= 0.3 is 5.97 Å². The lowest BCUT2D eigenvalue weighted by atomic mass is 9.88. The van der Waals surface area contributed by atoms with Crippen LogP contribution in [0.15, 0.2) is 24.3 Å². The molecule has 162 valence electrons. The average Bonchev–Trinajstić information content (AvgIpc) is 3.26. The van der Waals surface area contributed by atoms with Crippen LogP contribution < -0.4 is 23.7 Å². The highest BCUT2D eigenvalue weighted by atomic mass is 16.7. The number of aromatic hydroxyl groups is 1. The Balaban J connectivity index is 2.16. The summed E-state index contributed by atoms with van der Waals surface area (Å²) in [6.07, 6.45) is 0. The fraction of sp³-hybridized carbons (Fsp3) is 0.261. The summed E-state index contributed by atoms with van der Waals surface area (Å²) in [5.74, 6) is 1.68. The maximum absolute atomic E-state index is 12.8. The Morgan fingerprint density at radius 3 is 2.00 bits per heavy atom. The number of hydrogen-bond donors (Lipinski definition) is 1. The van der Waals surface area contributed by atoms with Crippen molar-refractivity contribution in [3.05, 3.63) is 35.4 Å². The van der Waals surface area contributed by atoms with E-state index < -0.39 is 5.97 Å². The van der Waals surface area contributed by atoms with Crippen LogP contribution in [0.3, 0.4) is 0 Å². The highest BCUT2D eigenvalue weighted by molar-refractivity contribution is 6.12. The molecule has 8 heteroatoms. The first-order valence-corrected chi connectivity index (χ1v) is 9.42. The molecule has 31 heavy (non-hydrogen) atoms. The van der Waals surface area contributed by atoms with E-state index in [9.17, 15) is 9.90 Å². The van der Waals surface area contributed by atoms with E-state index >= 15 is 0 Å². The lowest BCUT2D eigenvalue weighted by Gasteiger charge is -2.19. The molecular weight excluding hydrogens is 404 g/mol. The molecular formula is C23H22O8. The van der Waals surface area contributed by atoms with E-state index in [1.807, 2.05) is 0 Å². The van der Waals surface area contributed by atoms with E-state index in [2.05, 4.69) is 0 Å². The van der Waals surface area contributed by atoms with Crippen molar-refractivity contribution in [3.63, 3.8) is 0 Å². The summed E-state index contributed by atoms with van der Waals surface area (Å²) in [5, 5.41) is 12.0. The van der Waals surface area contributed by atoms with Crippen LogP contribution in [0.25, 0.3) is 21.9 Å². The smallest absolute Gasteiger partial charge is 0.338 e. The zero-order chi connectivity index (χ0) is 22.3. The van der Waals surface area contributed by atoms with Gasteiger partial charge in [-0.15, -0.1) is 0 Å². The second-order valence-corrected chi connectivity index (χ2v) is 6.88. The summed E-state index contributed by atoms with van der Waals surface area (Å²) in [5.41, 5.74) is 1.75. The van der Waals surface area contributed by atoms with Crippen LogP contribution in [0.4, 0.5) is 0 Å². The second-order valence-electron chi connectivity index (χ2n) is 6.88. The Morgan fingerprint density at radius 1 is 0.903 bits per heavy atom. The molecule has 3 aromatic carbocycles. The molecule has 0 bridgehead atoms. The van der Waals surface area contributed by atoms with Gasteiger partial charge in [0.05, 0.1) is 34.0 Å². The Kier molecular flexibility index (Phi) is 5.14. The quantitative estimate of drug-likeness (QED) is 0.611. The predicted molar refractivity (Wildman–Crippen MR) is 113 cm³/mol. The van der Waals surface area contributed by atoms with Gasteiger partial charge in [0.2, 0.25) is 12.5 Å². The number of fused-ring (bicyclic) bond motifs is 2. The van der Waals surface area contributed by atoms with Crippen LogP contribution in [-0.4, -0.2) is 46.3 Å². The zero-order valence-electron chi connectivity index (χ0n) is 17.8. The molecule has 0 saturated heterocycles. The molecule has 1 aliphatic rings. The van der Waals surface area contributed by atoms with Gasteiger partial charge in [-0.2, -0.15) is 0 Å². The number of carbonyl (C=O) groups is 1. The summed E-state index contributed by atoms with van der Waals surface area (Å²) in [6.45, 7) is 1.74. The molecule has 0 unspecified atom stereocenters. The number of phenolic OH excluding ortho intramolecular Hbond substituents is 1. The fourth-order valence-electron chi connectivity index (χ4n) is 3.87. The van der Waals surface area contributed by atoms with E-state index in [-0.39, 0.29) is 18.1 Å². The van der Waals surface area contributed by atoms with Gasteiger partial charge in [-0.05, 0) is 42.1 Å². The number of benzene rings is 3. The third-order valence-corrected chi connectivity index (χ3v) is 5.36. The molecule has 1 aliphatic heterocycles. The third kappa shape index (κ3) is 3.11. The minimum atomic E-state index is -0.587. The summed E-state index contributed by atoms with van der Waals surface area (Å²) >= 11 is 0. The van der Waals surface area contributed by atoms with E-state index in [1.54, 1.807) is 31.2 Å². The van der Waals surface area contributed by atoms with Crippen molar-refractivity contribution >= 4 is 16.7 Å². The van der Waals surface area contributed by atoms with Crippen molar-refractivity contribution in [2.24, 2.45) is 0 Å². The normalized spacial score (nSPS) is 12.0. The first-order chi connectivity index (χ1) is 14.9. The lowest BCUT2D eigenvalue weighted by molar-refractivity contribution is 0.0600. The second kappa shape index (κ2) is 7.79. The largest absolute Gasteiger partial charge is 0.507 e. The maximum Gasteiger partial charge on any atom is 0.338 e. The molecule has 0 amide bonds. The number of phenols is 1. The van der Waals surface area contributed by atoms with Gasteiger partial charge in [-0.3, -0.25) is 0 Å². The molecule has 0 aromatic heterocycles. The third-order valence-electron chi connectivity index (χ3n) is 5.36. The first kappa shape index (κ1) is 20.5. The number of methoxy groups -OCH3 is 4. The van der Waals surface area contributed by atoms with Gasteiger partial charge in [0.1, 0.15) is 5.75 Å². The number of hydrogen-bond acceptors (Lipinski definition) is 8. The number of esters is 1. The Morgan fingerprint density at radius 2 is 1.48 bits per heavy atom. The van der Waals surface area contributed by atoms with Crippen LogP contribution in [0.2, 0.25) is 0 Å². The standard InChI is InChI=1S/C23H22O8/c1-11-19(23(25)29-5)20(12-6-17(26-2)22(28-4)18(7-12)27-3)13-8-15-16(31-10-30-15)9-14(13)21(11)24/h6-9,24H,10H2,1-5H3. The molecule has 3 aromatic rings. The number of rotatable bonds is 5. The average molecular weight is 426 g/mol. The molecule has 0 radical (unpaired) electrons. The molecule has 0 atom stereocenters. The molecule has 0 spiro atoms. The Labute approximate surface area is 178 Å². The van der Waals surface area contributed by atoms with Crippen LogP contribution >= 0.6 is 0 Å². The number of carbonyl (C=O) groups excluding carboxylic acids is 1. The summed E-state index contributed by atoms with van der Waals surface area (Å²) in [7, 11) is 5.84. The molecule has 4 rings (SSSR count). The number of ether oxygens (including phenoxy) is 6. The minimum Gasteiger partial charge on any atom is -0.507 e. The van der Waals surface area contributed by atoms with Crippen LogP contribution in [0.5, 0.6) is 34.5 Å². The van der Waals surface area contributed by atoms with Crippen molar-refractivity contribution in [1.29, 1.82) is 0 Å². The van der Waals surface area contributed by atoms with Crippen molar-refractivity contribution in [2.75, 3.05) is 35.2 Å². The predicted octanol–water partition coefficient (Wildman–Crippen LogP) is 4.06. The SMILES string of the molecule is COC(=O)c1c(C)c(O)c2cc3c(cc2c1-c1cc(OC)c(OC)c(OC)c1)OCO3. The lowest BCUT2D eigenvalue weighted by Crippen LogP contribution is -2.08. The van der Waals surface area contributed by atoms with Gasteiger partial charge in [0.15, 0.2) is 23.0 Å². The van der Waals surface area contributed by atoms with Gasteiger partial charge < -0.3 is 33.5 Å². The summed E-state index contributed by atoms with van der Waals surface area (Å²) in [6, 6.07) is 6.91. The van der Waals surface area contributed by atoms with Crippen LogP contribution in [0.1, 0.15) is 15.9 Å². The van der Waals surface area contributed by atoms with E-state index in [4.69, 9.17) is 28.4 Å². The molecule has 1 N–H and O–H groups in total. The zero-order valence-corrected chi connectivity index (χ0v) is 17.8. The summed E-state index contributed by atoms with van der Waals surface area (Å²) in [4.78, 5) is 12.8. The monoisotopic (exact) mass is 426 g/mol. The molecule has 0 fully saturated rings. The van der Waals surface area contributed by atoms with Crippen molar-refractivity contribution < 1.29 is 38.3 Å². The topological polar surface area (TPSA) is 92.7 Å². The van der Waals surface area contributed by atoms with Gasteiger partial charge in [-0.25, -0.2) is 4.79 Å². The molecule has 0 saturated carbocycles. The Hall–Kier alpha value is -3.81. The summed E-state index contributed by atoms with van der Waals surface area (Å²) < 4.78 is 32.4. The van der Waals surface area contributed by atoms with Crippen molar-refractivity contribution in [2.45, 2.75) is 6.92 Å². The highest BCUT2D eigenvalue weighted by Gasteiger charge is 2.27. The van der Waals surface area contributed by atoms with Crippen LogP contribution in [-0.2, 0) is 4.74 Å². The van der Waals surface area contributed by atoms with Gasteiger partial charge in [0, 0.05) is 16.5 Å². The fourth-order valence-corrected chi connectivity index (χ4v) is 3.87. The van der Waals surface area contributed by atoms with E-state index in [1.165, 1.54) is 28.4 Å². The van der Waals surface area contributed by atoms with E-state index in [0.717, 1.165) is 0 Å². The van der Waals surface area contributed by atoms with Crippen molar-refractivity contribution in [3.8, 4) is 45.6 Å². The highest BCUT2D eigenvalue weighted by Crippen LogP contribution is 2.49.